The van der Waals surface area contributed by atoms with Gasteiger partial charge in [-0.3, -0.25) is 4.79 Å². The Bertz CT molecular complexity index is 616. The Morgan fingerprint density at radius 3 is 2.87 bits per heavy atom. The van der Waals surface area contributed by atoms with E-state index in [0.717, 1.165) is 50.1 Å². The van der Waals surface area contributed by atoms with Gasteiger partial charge >= 0.3 is 0 Å². The number of nitrogens with zero attached hydrogens (tertiary/aromatic N) is 2. The number of amides is 1. The first-order chi connectivity index (χ1) is 11.3. The topological polar surface area (TPSA) is 68.0 Å². The van der Waals surface area contributed by atoms with E-state index in [1.54, 1.807) is 11.3 Å². The van der Waals surface area contributed by atoms with Crippen LogP contribution in [-0.4, -0.2) is 22.6 Å². The van der Waals surface area contributed by atoms with E-state index in [1.807, 2.05) is 23.8 Å². The van der Waals surface area contributed by atoms with Crippen LogP contribution in [-0.2, 0) is 4.79 Å². The summed E-state index contributed by atoms with van der Waals surface area (Å²) in [7, 11) is 0. The average Bonchev–Trinajstić information content (AvgIpc) is 3.25. The first-order valence-electron chi connectivity index (χ1n) is 8.39. The van der Waals surface area contributed by atoms with Gasteiger partial charge in [-0.15, -0.1) is 10.2 Å². The van der Waals surface area contributed by atoms with E-state index in [4.69, 9.17) is 4.42 Å². The van der Waals surface area contributed by atoms with E-state index in [-0.39, 0.29) is 5.91 Å². The molecule has 1 fully saturated rings. The van der Waals surface area contributed by atoms with Gasteiger partial charge in [-0.2, -0.15) is 11.3 Å². The fourth-order valence-electron chi connectivity index (χ4n) is 3.09. The van der Waals surface area contributed by atoms with Crippen molar-refractivity contribution in [3.8, 4) is 11.5 Å². The van der Waals surface area contributed by atoms with Gasteiger partial charge in [-0.05, 0) is 49.5 Å². The monoisotopic (exact) mass is 333 g/mol. The first-order valence-corrected chi connectivity index (χ1v) is 9.33. The Hall–Kier alpha value is -1.69. The Labute approximate surface area is 140 Å². The molecular formula is C17H23N3O2S. The van der Waals surface area contributed by atoms with Crippen LogP contribution < -0.4 is 5.32 Å². The lowest BCUT2D eigenvalue weighted by molar-refractivity contribution is -0.121. The van der Waals surface area contributed by atoms with Crippen LogP contribution in [0, 0.1) is 5.92 Å². The smallest absolute Gasteiger partial charge is 0.248 e. The lowest BCUT2D eigenvalue weighted by Gasteiger charge is -2.26. The van der Waals surface area contributed by atoms with Crippen molar-refractivity contribution in [3.63, 3.8) is 0 Å². The molecule has 1 aliphatic carbocycles. The third-order valence-corrected chi connectivity index (χ3v) is 5.15. The maximum atomic E-state index is 11.5. The molecule has 0 unspecified atom stereocenters. The summed E-state index contributed by atoms with van der Waals surface area (Å²) in [6, 6.07) is 2.00. The van der Waals surface area contributed by atoms with Crippen LogP contribution in [0.2, 0.25) is 0 Å². The van der Waals surface area contributed by atoms with Crippen molar-refractivity contribution < 1.29 is 9.21 Å². The zero-order chi connectivity index (χ0) is 16.1. The molecule has 0 saturated heterocycles. The van der Waals surface area contributed by atoms with Crippen LogP contribution in [0.5, 0.6) is 0 Å². The van der Waals surface area contributed by atoms with Gasteiger partial charge in [0.2, 0.25) is 17.7 Å². The number of hydrogen-bond acceptors (Lipinski definition) is 5. The molecule has 1 saturated carbocycles. The summed E-state index contributed by atoms with van der Waals surface area (Å²) in [5.74, 6) is 2.49. The van der Waals surface area contributed by atoms with E-state index >= 15 is 0 Å². The SMILES string of the molecule is CCCC(=O)NCC1CCC(c2nnc(-c3ccsc3)o2)CC1. The van der Waals surface area contributed by atoms with Gasteiger partial charge < -0.3 is 9.73 Å². The van der Waals surface area contributed by atoms with E-state index < -0.39 is 0 Å². The van der Waals surface area contributed by atoms with Crippen molar-refractivity contribution in [3.05, 3.63) is 22.7 Å². The Morgan fingerprint density at radius 2 is 2.17 bits per heavy atom. The number of carbonyl (C=O) groups is 1. The number of thiophene rings is 1. The quantitative estimate of drug-likeness (QED) is 0.868. The normalized spacial score (nSPS) is 21.3. The fourth-order valence-corrected chi connectivity index (χ4v) is 3.72. The Kier molecular flexibility index (Phi) is 5.43. The highest BCUT2D eigenvalue weighted by atomic mass is 32.1. The molecule has 3 rings (SSSR count). The molecule has 0 aliphatic heterocycles. The van der Waals surface area contributed by atoms with E-state index in [1.165, 1.54) is 0 Å². The van der Waals surface area contributed by atoms with Gasteiger partial charge in [0.25, 0.3) is 0 Å². The third-order valence-electron chi connectivity index (χ3n) is 4.47. The van der Waals surface area contributed by atoms with Crippen LogP contribution >= 0.6 is 11.3 Å². The van der Waals surface area contributed by atoms with Crippen LogP contribution in [0.3, 0.4) is 0 Å². The van der Waals surface area contributed by atoms with Gasteiger partial charge in [0.05, 0.1) is 0 Å². The highest BCUT2D eigenvalue weighted by Crippen LogP contribution is 2.36. The summed E-state index contributed by atoms with van der Waals surface area (Å²) in [6.07, 6.45) is 5.85. The molecule has 1 aliphatic rings. The minimum Gasteiger partial charge on any atom is -0.420 e. The number of rotatable bonds is 6. The zero-order valence-corrected chi connectivity index (χ0v) is 14.3. The number of hydrogen-bond donors (Lipinski definition) is 1. The largest absolute Gasteiger partial charge is 0.420 e. The summed E-state index contributed by atoms with van der Waals surface area (Å²) < 4.78 is 5.85. The second-order valence-electron chi connectivity index (χ2n) is 6.23. The summed E-state index contributed by atoms with van der Waals surface area (Å²) in [5.41, 5.74) is 1.00. The predicted octanol–water partition coefficient (Wildman–Crippen LogP) is 3.99. The van der Waals surface area contributed by atoms with Gasteiger partial charge in [0.1, 0.15) is 0 Å². The summed E-state index contributed by atoms with van der Waals surface area (Å²) >= 11 is 1.63. The Balaban J connectivity index is 1.48. The lowest BCUT2D eigenvalue weighted by atomic mass is 9.82. The van der Waals surface area contributed by atoms with Crippen LogP contribution in [0.4, 0.5) is 0 Å². The molecule has 0 radical (unpaired) electrons. The molecule has 0 aromatic carbocycles. The Morgan fingerprint density at radius 1 is 1.35 bits per heavy atom. The number of nitrogens with one attached hydrogen (secondary N) is 1. The zero-order valence-electron chi connectivity index (χ0n) is 13.5. The van der Waals surface area contributed by atoms with Crippen molar-refractivity contribution in [2.45, 2.75) is 51.4 Å². The van der Waals surface area contributed by atoms with E-state index in [9.17, 15) is 4.79 Å². The minimum absolute atomic E-state index is 0.173. The van der Waals surface area contributed by atoms with E-state index in [2.05, 4.69) is 15.5 Å². The molecule has 6 heteroatoms. The maximum absolute atomic E-state index is 11.5. The van der Waals surface area contributed by atoms with Crippen molar-refractivity contribution in [2.24, 2.45) is 5.92 Å². The molecule has 23 heavy (non-hydrogen) atoms. The summed E-state index contributed by atoms with van der Waals surface area (Å²) in [6.45, 7) is 2.83. The second kappa shape index (κ2) is 7.73. The summed E-state index contributed by atoms with van der Waals surface area (Å²) in [5, 5.41) is 15.5. The molecule has 2 aromatic heterocycles. The first kappa shape index (κ1) is 16.2. The molecule has 0 spiro atoms. The molecule has 0 bridgehead atoms. The van der Waals surface area contributed by atoms with Gasteiger partial charge in [-0.25, -0.2) is 0 Å². The van der Waals surface area contributed by atoms with Crippen molar-refractivity contribution in [1.82, 2.24) is 15.5 Å². The van der Waals surface area contributed by atoms with Gasteiger partial charge in [-0.1, -0.05) is 6.92 Å². The highest BCUT2D eigenvalue weighted by molar-refractivity contribution is 7.08. The highest BCUT2D eigenvalue weighted by Gasteiger charge is 2.26. The van der Waals surface area contributed by atoms with Crippen LogP contribution in [0.1, 0.15) is 57.3 Å². The molecular weight excluding hydrogens is 310 g/mol. The molecule has 1 amide bonds. The maximum Gasteiger partial charge on any atom is 0.248 e. The number of aromatic nitrogens is 2. The molecule has 0 atom stereocenters. The van der Waals surface area contributed by atoms with Crippen molar-refractivity contribution in [2.75, 3.05) is 6.54 Å². The molecule has 2 heterocycles. The molecule has 124 valence electrons. The summed E-state index contributed by atoms with van der Waals surface area (Å²) in [4.78, 5) is 11.5. The van der Waals surface area contributed by atoms with Gasteiger partial charge in [0.15, 0.2) is 0 Å². The average molecular weight is 333 g/mol. The van der Waals surface area contributed by atoms with Gasteiger partial charge in [0, 0.05) is 29.8 Å². The van der Waals surface area contributed by atoms with Crippen molar-refractivity contribution >= 4 is 17.2 Å². The number of carbonyl (C=O) groups excluding carboxylic acids is 1. The van der Waals surface area contributed by atoms with Crippen molar-refractivity contribution in [1.29, 1.82) is 0 Å². The minimum atomic E-state index is 0.173. The predicted molar refractivity (Wildman–Crippen MR) is 90.2 cm³/mol. The second-order valence-corrected chi connectivity index (χ2v) is 7.01. The standard InChI is InChI=1S/C17H23N3O2S/c1-2-3-15(21)18-10-12-4-6-13(7-5-12)16-19-20-17(22-16)14-8-9-23-11-14/h8-9,11-13H,2-7,10H2,1H3,(H,18,21). The molecule has 2 aromatic rings. The van der Waals surface area contributed by atoms with Crippen LogP contribution in [0.15, 0.2) is 21.2 Å². The third kappa shape index (κ3) is 4.19. The van der Waals surface area contributed by atoms with Crippen LogP contribution in [0.25, 0.3) is 11.5 Å². The molecule has 5 nitrogen and oxygen atoms in total. The fraction of sp³-hybridized carbons (Fsp3) is 0.588. The van der Waals surface area contributed by atoms with E-state index in [0.29, 0.717) is 24.1 Å². The molecule has 1 N–H and O–H groups in total. The lowest BCUT2D eigenvalue weighted by Crippen LogP contribution is -2.30.